The van der Waals surface area contributed by atoms with Crippen LogP contribution >= 0.6 is 51.2 Å². The lowest BCUT2D eigenvalue weighted by Gasteiger charge is -2.19. The standard InChI is InChI=1S/C6H12Cl3O3P.H5O4PSi/c1-4(7)10-13(11-5(2)8)12-6(3)9;1-5(2,3)4-6/h4-6H,1-3H3;6H3,(H2,1,2,3). The van der Waals surface area contributed by atoms with E-state index in [4.69, 9.17) is 58.2 Å². The molecule has 0 aromatic carbocycles. The van der Waals surface area contributed by atoms with Crippen LogP contribution in [0.4, 0.5) is 0 Å². The Morgan fingerprint density at radius 1 is 1.00 bits per heavy atom. The molecule has 13 heteroatoms. The number of hydrogen-bond donors (Lipinski definition) is 2. The fourth-order valence-electron chi connectivity index (χ4n) is 0.430. The van der Waals surface area contributed by atoms with Crippen molar-refractivity contribution in [2.75, 3.05) is 0 Å². The summed E-state index contributed by atoms with van der Waals surface area (Å²) >= 11 is 16.8. The molecule has 0 amide bonds. The minimum Gasteiger partial charge on any atom is -0.342 e. The van der Waals surface area contributed by atoms with Crippen molar-refractivity contribution in [2.45, 2.75) is 37.5 Å². The van der Waals surface area contributed by atoms with Gasteiger partial charge < -0.3 is 14.0 Å². The highest BCUT2D eigenvalue weighted by molar-refractivity contribution is 7.47. The molecule has 2 N–H and O–H groups in total. The van der Waals surface area contributed by atoms with Crippen LogP contribution in [0.15, 0.2) is 0 Å². The predicted molar refractivity (Wildman–Crippen MR) is 79.2 cm³/mol. The minimum absolute atomic E-state index is 0.0849. The SMILES string of the molecule is CC(Cl)OP(OC(C)Cl)OC(C)Cl.O=P(O)(O)O[SiH3]. The van der Waals surface area contributed by atoms with Gasteiger partial charge in [0, 0.05) is 0 Å². The molecule has 0 fully saturated rings. The first-order valence-corrected chi connectivity index (χ1v) is 9.57. The van der Waals surface area contributed by atoms with Crippen molar-refractivity contribution in [1.82, 2.24) is 0 Å². The van der Waals surface area contributed by atoms with Crippen molar-refractivity contribution >= 4 is 61.7 Å². The van der Waals surface area contributed by atoms with Gasteiger partial charge in [0.2, 0.25) is 0 Å². The monoisotopic (exact) mass is 396 g/mol. The van der Waals surface area contributed by atoms with E-state index in [1.165, 1.54) is 0 Å². The Morgan fingerprint density at radius 3 is 1.32 bits per heavy atom. The Balaban J connectivity index is 0. The molecule has 0 bridgehead atoms. The van der Waals surface area contributed by atoms with Gasteiger partial charge in [-0.1, -0.05) is 34.8 Å². The number of halogens is 3. The fourth-order valence-corrected chi connectivity index (χ4v) is 1.88. The molecular formula is C6H17Cl3O7P2Si. The number of phosphoric acid groups is 1. The van der Waals surface area contributed by atoms with E-state index >= 15 is 0 Å². The highest BCUT2D eigenvalue weighted by Crippen LogP contribution is 2.45. The maximum Gasteiger partial charge on any atom is 0.458 e. The lowest BCUT2D eigenvalue weighted by atomic mass is 10.9. The Kier molecular flexibility index (Phi) is 14.5. The first-order valence-electron chi connectivity index (χ1n) is 4.81. The number of alkyl halides is 3. The second-order valence-corrected chi connectivity index (χ2v) is 8.21. The molecule has 0 heterocycles. The van der Waals surface area contributed by atoms with Gasteiger partial charge in [-0.25, -0.2) is 4.57 Å². The van der Waals surface area contributed by atoms with Crippen LogP contribution in [0.25, 0.3) is 0 Å². The Labute approximate surface area is 131 Å². The summed E-state index contributed by atoms with van der Waals surface area (Å²) in [6, 6.07) is 0. The summed E-state index contributed by atoms with van der Waals surface area (Å²) in [6.45, 7) is 4.96. The summed E-state index contributed by atoms with van der Waals surface area (Å²) in [4.78, 5) is 15.5. The van der Waals surface area contributed by atoms with Crippen LogP contribution in [0.1, 0.15) is 20.8 Å². The normalized spacial score (nSPS) is 18.1. The molecule has 0 aliphatic heterocycles. The van der Waals surface area contributed by atoms with Crippen LogP contribution in [0.3, 0.4) is 0 Å². The van der Waals surface area contributed by atoms with Gasteiger partial charge in [0.25, 0.3) is 0 Å². The largest absolute Gasteiger partial charge is 0.458 e. The highest BCUT2D eigenvalue weighted by atomic mass is 35.5. The molecule has 0 saturated carbocycles. The van der Waals surface area contributed by atoms with Crippen LogP contribution in [-0.4, -0.2) is 37.0 Å². The Morgan fingerprint density at radius 2 is 1.21 bits per heavy atom. The molecular weight excluding hydrogens is 380 g/mol. The Hall–Kier alpha value is 1.51. The zero-order chi connectivity index (χ0) is 15.6. The van der Waals surface area contributed by atoms with E-state index in [1.54, 1.807) is 20.8 Å². The molecule has 7 nitrogen and oxygen atoms in total. The van der Waals surface area contributed by atoms with E-state index in [9.17, 15) is 4.57 Å². The number of hydrogen-bond acceptors (Lipinski definition) is 5. The molecule has 0 aromatic heterocycles. The molecule has 3 unspecified atom stereocenters. The first kappa shape index (κ1) is 22.8. The third kappa shape index (κ3) is 21.9. The zero-order valence-electron chi connectivity index (χ0n) is 10.7. The lowest BCUT2D eigenvalue weighted by Crippen LogP contribution is -2.06. The summed E-state index contributed by atoms with van der Waals surface area (Å²) in [5.74, 6) is 0. The molecule has 0 saturated heterocycles. The van der Waals surface area contributed by atoms with E-state index in [2.05, 4.69) is 4.21 Å². The molecule has 118 valence electrons. The van der Waals surface area contributed by atoms with Crippen LogP contribution in [-0.2, 0) is 22.3 Å². The summed E-state index contributed by atoms with van der Waals surface area (Å²) < 4.78 is 28.5. The fraction of sp³-hybridized carbons (Fsp3) is 1.00. The van der Waals surface area contributed by atoms with Gasteiger partial charge in [-0.05, 0) is 20.8 Å². The summed E-state index contributed by atoms with van der Waals surface area (Å²) in [7, 11) is -5.57. The van der Waals surface area contributed by atoms with Gasteiger partial charge >= 0.3 is 16.4 Å². The average molecular weight is 398 g/mol. The van der Waals surface area contributed by atoms with Gasteiger partial charge in [0.15, 0.2) is 10.5 Å². The van der Waals surface area contributed by atoms with E-state index in [0.29, 0.717) is 0 Å². The number of rotatable bonds is 7. The van der Waals surface area contributed by atoms with Crippen LogP contribution in [0.5, 0.6) is 0 Å². The molecule has 19 heavy (non-hydrogen) atoms. The maximum atomic E-state index is 9.51. The lowest BCUT2D eigenvalue weighted by molar-refractivity contribution is 0.142. The topological polar surface area (TPSA) is 94.5 Å². The van der Waals surface area contributed by atoms with E-state index in [1.807, 2.05) is 0 Å². The van der Waals surface area contributed by atoms with Gasteiger partial charge in [-0.2, -0.15) is 0 Å². The van der Waals surface area contributed by atoms with Crippen molar-refractivity contribution in [3.05, 3.63) is 0 Å². The van der Waals surface area contributed by atoms with Crippen molar-refractivity contribution in [1.29, 1.82) is 0 Å². The highest BCUT2D eigenvalue weighted by Gasteiger charge is 2.20. The molecule has 0 aliphatic rings. The third-order valence-corrected chi connectivity index (χ3v) is 4.94. The van der Waals surface area contributed by atoms with Gasteiger partial charge in [0.1, 0.15) is 16.7 Å². The van der Waals surface area contributed by atoms with Gasteiger partial charge in [-0.3, -0.25) is 13.6 Å². The molecule has 0 aliphatic carbocycles. The quantitative estimate of drug-likeness (QED) is 0.387. The second kappa shape index (κ2) is 12.1. The summed E-state index contributed by atoms with van der Waals surface area (Å²) in [5, 5.41) is 0. The molecule has 0 radical (unpaired) electrons. The van der Waals surface area contributed by atoms with Crippen LogP contribution in [0, 0.1) is 0 Å². The van der Waals surface area contributed by atoms with E-state index in [-0.39, 0.29) is 10.5 Å². The predicted octanol–water partition coefficient (Wildman–Crippen LogP) is 2.39. The van der Waals surface area contributed by atoms with E-state index < -0.39 is 33.1 Å². The average Bonchev–Trinajstić information content (AvgIpc) is 2.13. The molecule has 3 atom stereocenters. The first-order chi connectivity index (χ1) is 8.47. The summed E-state index contributed by atoms with van der Waals surface area (Å²) in [5.41, 5.74) is -1.51. The molecule has 0 spiro atoms. The zero-order valence-corrected chi connectivity index (χ0v) is 16.8. The maximum absolute atomic E-state index is 9.51. The van der Waals surface area contributed by atoms with E-state index in [0.717, 1.165) is 0 Å². The van der Waals surface area contributed by atoms with Crippen LogP contribution in [0.2, 0.25) is 0 Å². The second-order valence-electron chi connectivity index (χ2n) is 2.84. The van der Waals surface area contributed by atoms with Crippen LogP contribution < -0.4 is 0 Å². The molecule has 0 rings (SSSR count). The third-order valence-electron chi connectivity index (χ3n) is 0.932. The summed E-state index contributed by atoms with van der Waals surface area (Å²) in [6.07, 6.45) is 0. The van der Waals surface area contributed by atoms with Crippen molar-refractivity contribution in [3.8, 4) is 0 Å². The minimum atomic E-state index is -4.08. The van der Waals surface area contributed by atoms with Gasteiger partial charge in [-0.15, -0.1) is 0 Å². The van der Waals surface area contributed by atoms with Gasteiger partial charge in [0.05, 0.1) is 0 Å². The molecule has 0 aromatic rings. The smallest absolute Gasteiger partial charge is 0.342 e. The van der Waals surface area contributed by atoms with Crippen molar-refractivity contribution in [3.63, 3.8) is 0 Å². The van der Waals surface area contributed by atoms with Crippen molar-refractivity contribution < 1.29 is 32.1 Å². The van der Waals surface area contributed by atoms with Crippen molar-refractivity contribution in [2.24, 2.45) is 0 Å². The Bertz CT molecular complexity index is 241.